The lowest BCUT2D eigenvalue weighted by Crippen LogP contribution is -2.39. The van der Waals surface area contributed by atoms with E-state index >= 15 is 0 Å². The Morgan fingerprint density at radius 1 is 1.29 bits per heavy atom. The molecule has 1 fully saturated rings. The highest BCUT2D eigenvalue weighted by atomic mass is 32.2. The van der Waals surface area contributed by atoms with Crippen LogP contribution in [0.3, 0.4) is 0 Å². The summed E-state index contributed by atoms with van der Waals surface area (Å²) >= 11 is 1.52. The largest absolute Gasteiger partial charge is 0.339 e. The maximum absolute atomic E-state index is 13.1. The third-order valence-electron chi connectivity index (χ3n) is 4.80. The molecule has 7 nitrogen and oxygen atoms in total. The van der Waals surface area contributed by atoms with Gasteiger partial charge in [0.2, 0.25) is 21.7 Å². The van der Waals surface area contributed by atoms with Crippen molar-refractivity contribution in [2.45, 2.75) is 30.6 Å². The van der Waals surface area contributed by atoms with Gasteiger partial charge in [0.25, 0.3) is 0 Å². The summed E-state index contributed by atoms with van der Waals surface area (Å²) in [5.41, 5.74) is 0.382. The lowest BCUT2D eigenvalue weighted by molar-refractivity contribution is 0.101. The van der Waals surface area contributed by atoms with Gasteiger partial charge in [0.1, 0.15) is 0 Å². The molecule has 3 heterocycles. The molecule has 1 saturated heterocycles. The number of carbonyl (C=O) groups excluding carboxylic acids is 1. The maximum atomic E-state index is 13.1. The maximum Gasteiger partial charge on any atom is 0.243 e. The minimum atomic E-state index is -3.70. The van der Waals surface area contributed by atoms with E-state index in [1.54, 1.807) is 12.1 Å². The summed E-state index contributed by atoms with van der Waals surface area (Å²) in [5.74, 6) is 0.668. The standard InChI is InChI=1S/C19H19N3O4S2/c1-13(23)14-5-2-7-16(11-14)28(24,25)22-9-3-6-15(12-22)19-20-18(21-26-19)17-8-4-10-27-17/h2,4-5,7-8,10-11,15H,3,6,9,12H2,1H3/t15-/m0/s1. The highest BCUT2D eigenvalue weighted by Crippen LogP contribution is 2.31. The van der Waals surface area contributed by atoms with E-state index in [1.807, 2.05) is 17.5 Å². The first-order valence-corrected chi connectivity index (χ1v) is 11.3. The van der Waals surface area contributed by atoms with Gasteiger partial charge in [0, 0.05) is 18.7 Å². The summed E-state index contributed by atoms with van der Waals surface area (Å²) in [6.45, 7) is 2.12. The normalized spacial score (nSPS) is 18.2. The molecule has 0 spiro atoms. The zero-order chi connectivity index (χ0) is 19.7. The monoisotopic (exact) mass is 417 g/mol. The lowest BCUT2D eigenvalue weighted by Gasteiger charge is -2.30. The zero-order valence-electron chi connectivity index (χ0n) is 15.2. The van der Waals surface area contributed by atoms with E-state index in [9.17, 15) is 13.2 Å². The number of carbonyl (C=O) groups is 1. The van der Waals surface area contributed by atoms with Crippen LogP contribution >= 0.6 is 11.3 Å². The molecule has 146 valence electrons. The van der Waals surface area contributed by atoms with Crippen molar-refractivity contribution in [2.24, 2.45) is 0 Å². The average molecular weight is 418 g/mol. The van der Waals surface area contributed by atoms with Gasteiger partial charge >= 0.3 is 0 Å². The molecule has 2 aromatic heterocycles. The molecule has 0 radical (unpaired) electrons. The van der Waals surface area contributed by atoms with Crippen molar-refractivity contribution in [1.29, 1.82) is 0 Å². The quantitative estimate of drug-likeness (QED) is 0.589. The van der Waals surface area contributed by atoms with Crippen molar-refractivity contribution >= 4 is 27.1 Å². The fraction of sp³-hybridized carbons (Fsp3) is 0.316. The summed E-state index contributed by atoms with van der Waals surface area (Å²) in [6, 6.07) is 10.00. The van der Waals surface area contributed by atoms with Crippen LogP contribution in [0.25, 0.3) is 10.7 Å². The predicted molar refractivity (Wildman–Crippen MR) is 105 cm³/mol. The molecule has 0 saturated carbocycles. The summed E-state index contributed by atoms with van der Waals surface area (Å²) in [4.78, 5) is 17.1. The lowest BCUT2D eigenvalue weighted by atomic mass is 10.00. The number of rotatable bonds is 5. The molecule has 0 N–H and O–H groups in total. The van der Waals surface area contributed by atoms with Crippen LogP contribution in [0.1, 0.15) is 41.9 Å². The number of aromatic nitrogens is 2. The smallest absolute Gasteiger partial charge is 0.243 e. The van der Waals surface area contributed by atoms with Crippen molar-refractivity contribution in [3.63, 3.8) is 0 Å². The van der Waals surface area contributed by atoms with Crippen molar-refractivity contribution in [3.8, 4) is 10.7 Å². The minimum Gasteiger partial charge on any atom is -0.339 e. The topological polar surface area (TPSA) is 93.4 Å². The van der Waals surface area contributed by atoms with Crippen LogP contribution in [0.2, 0.25) is 0 Å². The first kappa shape index (κ1) is 19.0. The van der Waals surface area contributed by atoms with E-state index in [2.05, 4.69) is 10.1 Å². The second-order valence-corrected chi connectivity index (χ2v) is 9.61. The van der Waals surface area contributed by atoms with Gasteiger partial charge in [0.15, 0.2) is 5.78 Å². The van der Waals surface area contributed by atoms with E-state index in [0.29, 0.717) is 30.2 Å². The Balaban J connectivity index is 1.56. The third-order valence-corrected chi connectivity index (χ3v) is 7.52. The highest BCUT2D eigenvalue weighted by Gasteiger charge is 2.33. The van der Waals surface area contributed by atoms with E-state index in [1.165, 1.54) is 34.7 Å². The number of thiophene rings is 1. The van der Waals surface area contributed by atoms with Gasteiger partial charge in [-0.05, 0) is 43.3 Å². The fourth-order valence-electron chi connectivity index (χ4n) is 3.29. The number of sulfonamides is 1. The number of benzene rings is 1. The molecular weight excluding hydrogens is 398 g/mol. The van der Waals surface area contributed by atoms with Crippen molar-refractivity contribution in [3.05, 3.63) is 53.2 Å². The molecule has 1 aliphatic rings. The zero-order valence-corrected chi connectivity index (χ0v) is 16.9. The highest BCUT2D eigenvalue weighted by molar-refractivity contribution is 7.89. The van der Waals surface area contributed by atoms with Gasteiger partial charge in [-0.2, -0.15) is 9.29 Å². The first-order valence-electron chi connectivity index (χ1n) is 8.94. The van der Waals surface area contributed by atoms with Gasteiger partial charge in [-0.25, -0.2) is 8.42 Å². The Kier molecular flexibility index (Phi) is 5.13. The molecule has 1 atom stereocenters. The molecule has 9 heteroatoms. The predicted octanol–water partition coefficient (Wildman–Crippen LogP) is 3.57. The molecule has 0 aliphatic carbocycles. The molecule has 1 aliphatic heterocycles. The van der Waals surface area contributed by atoms with Gasteiger partial charge < -0.3 is 4.52 Å². The van der Waals surface area contributed by atoms with Gasteiger partial charge in [-0.3, -0.25) is 4.79 Å². The van der Waals surface area contributed by atoms with Crippen LogP contribution < -0.4 is 0 Å². The average Bonchev–Trinajstić information content (AvgIpc) is 3.40. The number of ketones is 1. The molecule has 0 amide bonds. The van der Waals surface area contributed by atoms with Crippen LogP contribution in [0.4, 0.5) is 0 Å². The Bertz CT molecular complexity index is 1090. The molecule has 0 bridgehead atoms. The van der Waals surface area contributed by atoms with Gasteiger partial charge in [-0.15, -0.1) is 11.3 Å². The van der Waals surface area contributed by atoms with Crippen LogP contribution in [0.15, 0.2) is 51.2 Å². The molecule has 3 aromatic rings. The summed E-state index contributed by atoms with van der Waals surface area (Å²) < 4.78 is 33.0. The summed E-state index contributed by atoms with van der Waals surface area (Å²) in [7, 11) is -3.70. The van der Waals surface area contributed by atoms with Crippen molar-refractivity contribution < 1.29 is 17.7 Å². The molecule has 4 rings (SSSR count). The van der Waals surface area contributed by atoms with Crippen LogP contribution in [-0.2, 0) is 10.0 Å². The molecule has 0 unspecified atom stereocenters. The number of Topliss-reactive ketones (excluding diaryl/α,β-unsaturated/α-hetero) is 1. The summed E-state index contributed by atoms with van der Waals surface area (Å²) in [5, 5.41) is 5.97. The number of piperidine rings is 1. The second kappa shape index (κ2) is 7.57. The van der Waals surface area contributed by atoms with E-state index in [-0.39, 0.29) is 23.1 Å². The van der Waals surface area contributed by atoms with E-state index in [0.717, 1.165) is 11.3 Å². The van der Waals surface area contributed by atoms with Gasteiger partial charge in [0.05, 0.1) is 15.7 Å². The van der Waals surface area contributed by atoms with Crippen LogP contribution in [0.5, 0.6) is 0 Å². The Hall–Kier alpha value is -2.36. The number of hydrogen-bond acceptors (Lipinski definition) is 7. The molecular formula is C19H19N3O4S2. The minimum absolute atomic E-state index is 0.130. The Morgan fingerprint density at radius 2 is 2.14 bits per heavy atom. The fourth-order valence-corrected chi connectivity index (χ4v) is 5.51. The summed E-state index contributed by atoms with van der Waals surface area (Å²) in [6.07, 6.45) is 1.48. The second-order valence-electron chi connectivity index (χ2n) is 6.72. The van der Waals surface area contributed by atoms with Crippen molar-refractivity contribution in [1.82, 2.24) is 14.4 Å². The SMILES string of the molecule is CC(=O)c1cccc(S(=O)(=O)N2CCC[C@H](c3nc(-c4cccs4)no3)C2)c1. The Labute approximate surface area is 167 Å². The van der Waals surface area contributed by atoms with E-state index < -0.39 is 10.0 Å². The number of nitrogens with zero attached hydrogens (tertiary/aromatic N) is 3. The van der Waals surface area contributed by atoms with Crippen molar-refractivity contribution in [2.75, 3.05) is 13.1 Å². The Morgan fingerprint density at radius 3 is 2.89 bits per heavy atom. The first-order chi connectivity index (χ1) is 13.4. The number of hydrogen-bond donors (Lipinski definition) is 0. The van der Waals surface area contributed by atoms with Gasteiger partial charge in [-0.1, -0.05) is 23.4 Å². The van der Waals surface area contributed by atoms with Crippen LogP contribution in [-0.4, -0.2) is 41.7 Å². The molecule has 1 aromatic carbocycles. The van der Waals surface area contributed by atoms with E-state index in [4.69, 9.17) is 4.52 Å². The third kappa shape index (κ3) is 3.65. The molecule has 28 heavy (non-hydrogen) atoms. The van der Waals surface area contributed by atoms with Crippen LogP contribution in [0, 0.1) is 0 Å².